The van der Waals surface area contributed by atoms with Gasteiger partial charge < -0.3 is 4.57 Å². The SMILES string of the molecule is CC(C)(C)c1cc(C(C)(C)C)c(=O)n2c1CCC2. The first kappa shape index (κ1) is 13.4. The number of nitrogens with zero attached hydrogens (tertiary/aromatic N) is 1. The number of hydrogen-bond donors (Lipinski definition) is 0. The molecule has 0 N–H and O–H groups in total. The van der Waals surface area contributed by atoms with Crippen LogP contribution in [-0.2, 0) is 23.8 Å². The fourth-order valence-corrected chi connectivity index (χ4v) is 2.80. The average molecular weight is 247 g/mol. The molecule has 1 aromatic rings. The Hall–Kier alpha value is -1.05. The van der Waals surface area contributed by atoms with Crippen molar-refractivity contribution in [2.24, 2.45) is 0 Å². The molecule has 2 nitrogen and oxygen atoms in total. The van der Waals surface area contributed by atoms with Crippen molar-refractivity contribution in [3.05, 3.63) is 33.2 Å². The largest absolute Gasteiger partial charge is 0.312 e. The number of rotatable bonds is 0. The van der Waals surface area contributed by atoms with E-state index < -0.39 is 0 Å². The summed E-state index contributed by atoms with van der Waals surface area (Å²) in [5.74, 6) is 0. The Morgan fingerprint density at radius 2 is 1.56 bits per heavy atom. The van der Waals surface area contributed by atoms with Crippen LogP contribution in [0, 0.1) is 0 Å². The second-order valence-electron chi connectivity index (χ2n) is 7.48. The van der Waals surface area contributed by atoms with Crippen LogP contribution >= 0.6 is 0 Å². The monoisotopic (exact) mass is 247 g/mol. The molecule has 2 heteroatoms. The Morgan fingerprint density at radius 3 is 2.06 bits per heavy atom. The third-order valence-electron chi connectivity index (χ3n) is 3.81. The molecular formula is C16H25NO. The molecule has 0 unspecified atom stereocenters. The summed E-state index contributed by atoms with van der Waals surface area (Å²) in [7, 11) is 0. The Labute approximate surface area is 110 Å². The van der Waals surface area contributed by atoms with Crippen LogP contribution in [0.5, 0.6) is 0 Å². The first-order valence-corrected chi connectivity index (χ1v) is 6.90. The molecule has 2 rings (SSSR count). The normalized spacial score (nSPS) is 15.9. The van der Waals surface area contributed by atoms with Crippen molar-refractivity contribution in [1.29, 1.82) is 0 Å². The fourth-order valence-electron chi connectivity index (χ4n) is 2.80. The van der Waals surface area contributed by atoms with Gasteiger partial charge in [-0.05, 0) is 35.3 Å². The highest BCUT2D eigenvalue weighted by Crippen LogP contribution is 2.32. The molecule has 0 amide bonds. The van der Waals surface area contributed by atoms with Crippen LogP contribution in [0.15, 0.2) is 10.9 Å². The van der Waals surface area contributed by atoms with Crippen LogP contribution in [0.3, 0.4) is 0 Å². The lowest BCUT2D eigenvalue weighted by Gasteiger charge is -2.27. The van der Waals surface area contributed by atoms with E-state index in [1.165, 1.54) is 11.3 Å². The van der Waals surface area contributed by atoms with E-state index in [1.807, 2.05) is 4.57 Å². The van der Waals surface area contributed by atoms with Crippen molar-refractivity contribution in [3.8, 4) is 0 Å². The van der Waals surface area contributed by atoms with Crippen molar-refractivity contribution in [3.63, 3.8) is 0 Å². The van der Waals surface area contributed by atoms with Crippen LogP contribution in [0.4, 0.5) is 0 Å². The minimum Gasteiger partial charge on any atom is -0.312 e. The Kier molecular flexibility index (Phi) is 2.95. The van der Waals surface area contributed by atoms with Gasteiger partial charge in [-0.2, -0.15) is 0 Å². The van der Waals surface area contributed by atoms with Gasteiger partial charge in [-0.3, -0.25) is 4.79 Å². The van der Waals surface area contributed by atoms with E-state index in [0.29, 0.717) is 0 Å². The summed E-state index contributed by atoms with van der Waals surface area (Å²) in [6, 6.07) is 2.17. The molecule has 0 saturated heterocycles. The standard InChI is InChI=1S/C16H25NO/c1-15(2,3)11-10-12(16(4,5)6)14(18)17-9-7-8-13(11)17/h10H,7-9H2,1-6H3. The first-order valence-electron chi connectivity index (χ1n) is 6.90. The molecule has 0 spiro atoms. The van der Waals surface area contributed by atoms with Gasteiger partial charge in [-0.15, -0.1) is 0 Å². The molecule has 18 heavy (non-hydrogen) atoms. The minimum atomic E-state index is -0.0816. The van der Waals surface area contributed by atoms with Gasteiger partial charge in [0.2, 0.25) is 0 Å². The molecule has 100 valence electrons. The summed E-state index contributed by atoms with van der Waals surface area (Å²) in [6.07, 6.45) is 2.15. The number of hydrogen-bond acceptors (Lipinski definition) is 1. The van der Waals surface area contributed by atoms with Crippen molar-refractivity contribution in [2.75, 3.05) is 0 Å². The summed E-state index contributed by atoms with van der Waals surface area (Å²) in [4.78, 5) is 12.5. The molecule has 0 atom stereocenters. The smallest absolute Gasteiger partial charge is 0.254 e. The van der Waals surface area contributed by atoms with E-state index >= 15 is 0 Å². The van der Waals surface area contributed by atoms with Gasteiger partial charge in [0.1, 0.15) is 0 Å². The third kappa shape index (κ3) is 2.13. The second-order valence-corrected chi connectivity index (χ2v) is 7.48. The molecule has 2 heterocycles. The van der Waals surface area contributed by atoms with E-state index in [0.717, 1.165) is 24.9 Å². The summed E-state index contributed by atoms with van der Waals surface area (Å²) in [5.41, 5.74) is 3.82. The maximum absolute atomic E-state index is 12.5. The number of fused-ring (bicyclic) bond motifs is 1. The Bertz CT molecular complexity index is 524. The molecule has 0 aliphatic carbocycles. The quantitative estimate of drug-likeness (QED) is 0.689. The molecule has 1 aliphatic rings. The van der Waals surface area contributed by atoms with E-state index in [1.54, 1.807) is 0 Å². The zero-order valence-electron chi connectivity index (χ0n) is 12.6. The fraction of sp³-hybridized carbons (Fsp3) is 0.688. The molecule has 1 aromatic heterocycles. The van der Waals surface area contributed by atoms with Gasteiger partial charge in [0.15, 0.2) is 0 Å². The van der Waals surface area contributed by atoms with Crippen LogP contribution in [-0.4, -0.2) is 4.57 Å². The van der Waals surface area contributed by atoms with Crippen LogP contribution < -0.4 is 5.56 Å². The summed E-state index contributed by atoms with van der Waals surface area (Å²) < 4.78 is 2.02. The van der Waals surface area contributed by atoms with Crippen molar-refractivity contribution < 1.29 is 0 Å². The Balaban J connectivity index is 2.78. The van der Waals surface area contributed by atoms with Gasteiger partial charge in [0, 0.05) is 17.8 Å². The predicted octanol–water partition coefficient (Wildman–Crippen LogP) is 3.39. The molecule has 0 saturated carbocycles. The van der Waals surface area contributed by atoms with Crippen LogP contribution in [0.2, 0.25) is 0 Å². The molecule has 0 aromatic carbocycles. The van der Waals surface area contributed by atoms with E-state index in [-0.39, 0.29) is 16.4 Å². The molecular weight excluding hydrogens is 222 g/mol. The zero-order chi connectivity index (χ0) is 13.7. The van der Waals surface area contributed by atoms with Crippen molar-refractivity contribution in [1.82, 2.24) is 4.57 Å². The summed E-state index contributed by atoms with van der Waals surface area (Å²) >= 11 is 0. The lowest BCUT2D eigenvalue weighted by Crippen LogP contribution is -2.33. The molecule has 0 radical (unpaired) electrons. The van der Waals surface area contributed by atoms with Gasteiger partial charge in [-0.25, -0.2) is 0 Å². The second kappa shape index (κ2) is 3.97. The molecule has 1 aliphatic heterocycles. The van der Waals surface area contributed by atoms with Gasteiger partial charge in [0.05, 0.1) is 0 Å². The molecule has 0 fully saturated rings. The first-order chi connectivity index (χ1) is 8.12. The third-order valence-corrected chi connectivity index (χ3v) is 3.81. The minimum absolute atomic E-state index is 0.0816. The lowest BCUT2D eigenvalue weighted by molar-refractivity contribution is 0.540. The topological polar surface area (TPSA) is 22.0 Å². The summed E-state index contributed by atoms with van der Waals surface area (Å²) in [6.45, 7) is 14.0. The molecule has 0 bridgehead atoms. The zero-order valence-corrected chi connectivity index (χ0v) is 12.6. The average Bonchev–Trinajstić information content (AvgIpc) is 2.62. The number of pyridine rings is 1. The highest BCUT2D eigenvalue weighted by molar-refractivity contribution is 5.36. The van der Waals surface area contributed by atoms with Crippen LogP contribution in [0.25, 0.3) is 0 Å². The highest BCUT2D eigenvalue weighted by Gasteiger charge is 2.29. The van der Waals surface area contributed by atoms with E-state index in [9.17, 15) is 4.79 Å². The van der Waals surface area contributed by atoms with Gasteiger partial charge in [0.25, 0.3) is 5.56 Å². The van der Waals surface area contributed by atoms with Crippen molar-refractivity contribution >= 4 is 0 Å². The van der Waals surface area contributed by atoms with Crippen LogP contribution in [0.1, 0.15) is 64.8 Å². The highest BCUT2D eigenvalue weighted by atomic mass is 16.1. The maximum atomic E-state index is 12.5. The van der Waals surface area contributed by atoms with Gasteiger partial charge >= 0.3 is 0 Å². The lowest BCUT2D eigenvalue weighted by atomic mass is 9.80. The van der Waals surface area contributed by atoms with Crippen molar-refractivity contribution in [2.45, 2.75) is 71.8 Å². The summed E-state index contributed by atoms with van der Waals surface area (Å²) in [5, 5.41) is 0. The number of aromatic nitrogens is 1. The van der Waals surface area contributed by atoms with E-state index in [2.05, 4.69) is 47.6 Å². The maximum Gasteiger partial charge on any atom is 0.254 e. The van der Waals surface area contributed by atoms with Gasteiger partial charge in [-0.1, -0.05) is 41.5 Å². The Morgan fingerprint density at radius 1 is 1.00 bits per heavy atom. The van der Waals surface area contributed by atoms with E-state index in [4.69, 9.17) is 0 Å². The predicted molar refractivity (Wildman–Crippen MR) is 76.4 cm³/mol.